The molecule has 0 saturated heterocycles. The summed E-state index contributed by atoms with van der Waals surface area (Å²) >= 11 is 0. The minimum atomic E-state index is -3.57. The van der Waals surface area contributed by atoms with Gasteiger partial charge >= 0.3 is 0 Å². The zero-order valence-electron chi connectivity index (χ0n) is 12.5. The highest BCUT2D eigenvalue weighted by molar-refractivity contribution is 7.89. The minimum absolute atomic E-state index is 0.113. The van der Waals surface area contributed by atoms with Gasteiger partial charge in [-0.3, -0.25) is 4.79 Å². The molecule has 0 aliphatic carbocycles. The van der Waals surface area contributed by atoms with Crippen molar-refractivity contribution in [1.82, 2.24) is 4.72 Å². The Labute approximate surface area is 130 Å². The fraction of sp³-hybridized carbons (Fsp3) is 0.188. The van der Waals surface area contributed by atoms with Gasteiger partial charge in [0.2, 0.25) is 15.9 Å². The van der Waals surface area contributed by atoms with Gasteiger partial charge < -0.3 is 4.90 Å². The summed E-state index contributed by atoms with van der Waals surface area (Å²) in [6, 6.07) is 15.5. The van der Waals surface area contributed by atoms with E-state index in [1.165, 1.54) is 24.0 Å². The third-order valence-electron chi connectivity index (χ3n) is 3.32. The lowest BCUT2D eigenvalue weighted by atomic mass is 10.2. The number of nitrogens with zero attached hydrogens (tertiary/aromatic N) is 1. The second-order valence-corrected chi connectivity index (χ2v) is 6.65. The molecule has 0 spiro atoms. The first-order valence-electron chi connectivity index (χ1n) is 6.78. The van der Waals surface area contributed by atoms with Crippen molar-refractivity contribution in [3.63, 3.8) is 0 Å². The Morgan fingerprint density at radius 3 is 2.18 bits per heavy atom. The lowest BCUT2D eigenvalue weighted by Gasteiger charge is -2.15. The first-order chi connectivity index (χ1) is 10.4. The third kappa shape index (κ3) is 3.93. The lowest BCUT2D eigenvalue weighted by molar-refractivity contribution is -0.116. The number of benzene rings is 2. The van der Waals surface area contributed by atoms with E-state index in [4.69, 9.17) is 0 Å². The number of hydrogen-bond acceptors (Lipinski definition) is 3. The van der Waals surface area contributed by atoms with Crippen molar-refractivity contribution < 1.29 is 13.2 Å². The maximum atomic E-state index is 12.2. The Balaban J connectivity index is 2.11. The second kappa shape index (κ2) is 6.72. The van der Waals surface area contributed by atoms with Crippen molar-refractivity contribution in [3.8, 4) is 0 Å². The number of anilines is 1. The molecule has 0 bridgehead atoms. The van der Waals surface area contributed by atoms with Crippen molar-refractivity contribution >= 4 is 21.6 Å². The lowest BCUT2D eigenvalue weighted by Crippen LogP contribution is -2.24. The van der Waals surface area contributed by atoms with Crippen LogP contribution in [0.1, 0.15) is 12.5 Å². The van der Waals surface area contributed by atoms with Crippen molar-refractivity contribution in [2.24, 2.45) is 0 Å². The van der Waals surface area contributed by atoms with Gasteiger partial charge in [0.05, 0.1) is 4.90 Å². The average Bonchev–Trinajstić information content (AvgIpc) is 2.53. The van der Waals surface area contributed by atoms with Crippen LogP contribution in [0.25, 0.3) is 0 Å². The monoisotopic (exact) mass is 318 g/mol. The van der Waals surface area contributed by atoms with Crippen LogP contribution in [0.4, 0.5) is 5.69 Å². The van der Waals surface area contributed by atoms with Crippen molar-refractivity contribution in [2.45, 2.75) is 18.4 Å². The molecular weight excluding hydrogens is 300 g/mol. The Morgan fingerprint density at radius 2 is 1.64 bits per heavy atom. The molecule has 2 rings (SSSR count). The molecule has 2 aromatic carbocycles. The number of nitrogens with one attached hydrogen (secondary N) is 1. The molecule has 0 aliphatic heterocycles. The quantitative estimate of drug-likeness (QED) is 0.918. The maximum Gasteiger partial charge on any atom is 0.240 e. The highest BCUT2D eigenvalue weighted by Crippen LogP contribution is 2.17. The van der Waals surface area contributed by atoms with Gasteiger partial charge in [0.1, 0.15) is 0 Å². The molecule has 0 aliphatic rings. The summed E-state index contributed by atoms with van der Waals surface area (Å²) in [4.78, 5) is 12.9. The molecule has 0 saturated carbocycles. The van der Waals surface area contributed by atoms with E-state index in [2.05, 4.69) is 4.72 Å². The Kier molecular flexibility index (Phi) is 4.95. The van der Waals surface area contributed by atoms with E-state index in [0.717, 1.165) is 5.56 Å². The SMILES string of the molecule is CC(=O)N(C)c1ccc(S(=O)(=O)NCc2ccccc2)cc1. The Morgan fingerprint density at radius 1 is 1.05 bits per heavy atom. The fourth-order valence-corrected chi connectivity index (χ4v) is 2.91. The molecule has 5 nitrogen and oxygen atoms in total. The van der Waals surface area contributed by atoms with E-state index in [-0.39, 0.29) is 17.3 Å². The number of rotatable bonds is 5. The van der Waals surface area contributed by atoms with E-state index in [0.29, 0.717) is 5.69 Å². The first kappa shape index (κ1) is 16.2. The highest BCUT2D eigenvalue weighted by atomic mass is 32.2. The van der Waals surface area contributed by atoms with Gasteiger partial charge in [-0.15, -0.1) is 0 Å². The van der Waals surface area contributed by atoms with Gasteiger partial charge in [-0.25, -0.2) is 13.1 Å². The van der Waals surface area contributed by atoms with E-state index >= 15 is 0 Å². The van der Waals surface area contributed by atoms with Crippen LogP contribution in [0.2, 0.25) is 0 Å². The first-order valence-corrected chi connectivity index (χ1v) is 8.26. The largest absolute Gasteiger partial charge is 0.316 e. The normalized spacial score (nSPS) is 11.2. The molecule has 0 heterocycles. The molecule has 0 aromatic heterocycles. The Hall–Kier alpha value is -2.18. The van der Waals surface area contributed by atoms with E-state index in [1.807, 2.05) is 30.3 Å². The van der Waals surface area contributed by atoms with Crippen LogP contribution in [0.15, 0.2) is 59.5 Å². The van der Waals surface area contributed by atoms with Gasteiger partial charge in [0.25, 0.3) is 0 Å². The number of amides is 1. The number of carbonyl (C=O) groups is 1. The standard InChI is InChI=1S/C16H18N2O3S/c1-13(19)18(2)15-8-10-16(11-9-15)22(20,21)17-12-14-6-4-3-5-7-14/h3-11,17H,12H2,1-2H3. The summed E-state index contributed by atoms with van der Waals surface area (Å²) in [5.74, 6) is -0.113. The summed E-state index contributed by atoms with van der Waals surface area (Å²) in [6.07, 6.45) is 0. The van der Waals surface area contributed by atoms with Gasteiger partial charge in [-0.1, -0.05) is 30.3 Å². The molecule has 0 fully saturated rings. The number of sulfonamides is 1. The Bertz CT molecular complexity index is 741. The molecule has 2 aromatic rings. The van der Waals surface area contributed by atoms with Crippen molar-refractivity contribution in [1.29, 1.82) is 0 Å². The van der Waals surface area contributed by atoms with E-state index in [9.17, 15) is 13.2 Å². The summed E-state index contributed by atoms with van der Waals surface area (Å²) < 4.78 is 27.0. The minimum Gasteiger partial charge on any atom is -0.316 e. The van der Waals surface area contributed by atoms with Crippen molar-refractivity contribution in [3.05, 3.63) is 60.2 Å². The van der Waals surface area contributed by atoms with Crippen LogP contribution in [0.3, 0.4) is 0 Å². The predicted molar refractivity (Wildman–Crippen MR) is 86.0 cm³/mol. The summed E-state index contributed by atoms with van der Waals surface area (Å²) in [7, 11) is -1.94. The molecule has 22 heavy (non-hydrogen) atoms. The average molecular weight is 318 g/mol. The summed E-state index contributed by atoms with van der Waals surface area (Å²) in [5.41, 5.74) is 1.54. The second-order valence-electron chi connectivity index (χ2n) is 4.88. The predicted octanol–water partition coefficient (Wildman–Crippen LogP) is 2.15. The summed E-state index contributed by atoms with van der Waals surface area (Å²) in [6.45, 7) is 1.68. The molecule has 6 heteroatoms. The van der Waals surface area contributed by atoms with Gasteiger partial charge in [0, 0.05) is 26.2 Å². The van der Waals surface area contributed by atoms with E-state index < -0.39 is 10.0 Å². The van der Waals surface area contributed by atoms with Crippen LogP contribution < -0.4 is 9.62 Å². The molecule has 1 amide bonds. The maximum absolute atomic E-state index is 12.2. The molecule has 0 atom stereocenters. The topological polar surface area (TPSA) is 66.5 Å². The molecule has 0 unspecified atom stereocenters. The van der Waals surface area contributed by atoms with Gasteiger partial charge in [0.15, 0.2) is 0 Å². The number of carbonyl (C=O) groups excluding carboxylic acids is 1. The van der Waals surface area contributed by atoms with E-state index in [1.54, 1.807) is 19.2 Å². The zero-order valence-corrected chi connectivity index (χ0v) is 13.3. The molecule has 0 radical (unpaired) electrons. The smallest absolute Gasteiger partial charge is 0.240 e. The summed E-state index contributed by atoms with van der Waals surface area (Å²) in [5, 5.41) is 0. The molecular formula is C16H18N2O3S. The van der Waals surface area contributed by atoms with Crippen LogP contribution >= 0.6 is 0 Å². The fourth-order valence-electron chi connectivity index (χ4n) is 1.89. The molecule has 1 N–H and O–H groups in total. The van der Waals surface area contributed by atoms with Crippen LogP contribution in [-0.2, 0) is 21.4 Å². The third-order valence-corrected chi connectivity index (χ3v) is 4.73. The van der Waals surface area contributed by atoms with Crippen LogP contribution in [-0.4, -0.2) is 21.4 Å². The van der Waals surface area contributed by atoms with Crippen molar-refractivity contribution in [2.75, 3.05) is 11.9 Å². The zero-order chi connectivity index (χ0) is 16.2. The number of hydrogen-bond donors (Lipinski definition) is 1. The highest BCUT2D eigenvalue weighted by Gasteiger charge is 2.14. The van der Waals surface area contributed by atoms with Gasteiger partial charge in [-0.05, 0) is 29.8 Å². The van der Waals surface area contributed by atoms with Crippen LogP contribution in [0, 0.1) is 0 Å². The van der Waals surface area contributed by atoms with Crippen LogP contribution in [0.5, 0.6) is 0 Å². The van der Waals surface area contributed by atoms with Gasteiger partial charge in [-0.2, -0.15) is 0 Å². The molecule has 116 valence electrons.